The summed E-state index contributed by atoms with van der Waals surface area (Å²) in [5.74, 6) is 0. The van der Waals surface area contributed by atoms with Crippen molar-refractivity contribution in [3.05, 3.63) is 53.6 Å². The second kappa shape index (κ2) is 5.41. The van der Waals surface area contributed by atoms with Crippen LogP contribution < -0.4 is 10.5 Å². The lowest BCUT2D eigenvalue weighted by atomic mass is 9.91. The lowest BCUT2D eigenvalue weighted by Crippen LogP contribution is -2.16. The van der Waals surface area contributed by atoms with Gasteiger partial charge in [0.05, 0.1) is 10.6 Å². The van der Waals surface area contributed by atoms with Gasteiger partial charge in [0.2, 0.25) is 0 Å². The molecule has 0 radical (unpaired) electrons. The Morgan fingerprint density at radius 1 is 1.00 bits per heavy atom. The molecule has 0 bridgehead atoms. The van der Waals surface area contributed by atoms with E-state index in [1.165, 1.54) is 18.1 Å². The molecule has 0 amide bonds. The fourth-order valence-electron chi connectivity index (χ4n) is 2.76. The Balaban J connectivity index is 1.96. The van der Waals surface area contributed by atoms with E-state index in [-0.39, 0.29) is 4.90 Å². The molecular formula is C16H18N2O2S. The van der Waals surface area contributed by atoms with Gasteiger partial charge in [0.1, 0.15) is 0 Å². The van der Waals surface area contributed by atoms with Crippen LogP contribution in [0.1, 0.15) is 24.0 Å². The molecule has 0 saturated carbocycles. The maximum absolute atomic E-state index is 12.5. The Kier molecular flexibility index (Phi) is 3.59. The lowest BCUT2D eigenvalue weighted by molar-refractivity contribution is 0.601. The Labute approximate surface area is 125 Å². The largest absolute Gasteiger partial charge is 0.399 e. The predicted octanol–water partition coefficient (Wildman–Crippen LogP) is 2.95. The number of sulfonamides is 1. The first-order chi connectivity index (χ1) is 10.1. The van der Waals surface area contributed by atoms with Gasteiger partial charge < -0.3 is 5.73 Å². The fourth-order valence-corrected chi connectivity index (χ4v) is 3.91. The normalized spacial score (nSPS) is 14.5. The van der Waals surface area contributed by atoms with E-state index in [9.17, 15) is 8.42 Å². The molecular weight excluding hydrogens is 284 g/mol. The van der Waals surface area contributed by atoms with Crippen molar-refractivity contribution in [2.75, 3.05) is 10.5 Å². The van der Waals surface area contributed by atoms with Crippen LogP contribution in [0.5, 0.6) is 0 Å². The van der Waals surface area contributed by atoms with Gasteiger partial charge in [0.25, 0.3) is 10.0 Å². The topological polar surface area (TPSA) is 72.2 Å². The standard InChI is InChI=1S/C16H18N2O2S/c17-13-7-4-8-14(11-13)21(19,20)18-16-10-3-6-12-5-1-2-9-15(12)16/h3-4,6-8,10-11,18H,1-2,5,9,17H2. The van der Waals surface area contributed by atoms with Crippen LogP contribution in [0.3, 0.4) is 0 Å². The quantitative estimate of drug-likeness (QED) is 0.856. The van der Waals surface area contributed by atoms with Crippen LogP contribution in [-0.4, -0.2) is 8.42 Å². The molecule has 0 fully saturated rings. The zero-order valence-electron chi connectivity index (χ0n) is 11.7. The minimum absolute atomic E-state index is 0.191. The molecule has 2 aromatic rings. The molecule has 0 atom stereocenters. The van der Waals surface area contributed by atoms with E-state index >= 15 is 0 Å². The van der Waals surface area contributed by atoms with Crippen molar-refractivity contribution in [1.82, 2.24) is 0 Å². The number of nitrogen functional groups attached to an aromatic ring is 1. The molecule has 3 N–H and O–H groups in total. The van der Waals surface area contributed by atoms with Crippen molar-refractivity contribution in [1.29, 1.82) is 0 Å². The van der Waals surface area contributed by atoms with Crippen LogP contribution in [0, 0.1) is 0 Å². The van der Waals surface area contributed by atoms with Crippen LogP contribution in [0.25, 0.3) is 0 Å². The van der Waals surface area contributed by atoms with Crippen molar-refractivity contribution >= 4 is 21.4 Å². The van der Waals surface area contributed by atoms with Gasteiger partial charge in [-0.15, -0.1) is 0 Å². The third kappa shape index (κ3) is 2.88. The second-order valence-corrected chi connectivity index (χ2v) is 7.01. The van der Waals surface area contributed by atoms with Gasteiger partial charge in [-0.1, -0.05) is 18.2 Å². The molecule has 0 saturated heterocycles. The van der Waals surface area contributed by atoms with Crippen molar-refractivity contribution in [2.24, 2.45) is 0 Å². The summed E-state index contributed by atoms with van der Waals surface area (Å²) in [4.78, 5) is 0.191. The molecule has 1 aliphatic carbocycles. The van der Waals surface area contributed by atoms with Gasteiger partial charge in [0.15, 0.2) is 0 Å². The number of rotatable bonds is 3. The molecule has 110 valence electrons. The first-order valence-corrected chi connectivity index (χ1v) is 8.54. The maximum atomic E-state index is 12.5. The van der Waals surface area contributed by atoms with Gasteiger partial charge in [-0.3, -0.25) is 4.72 Å². The van der Waals surface area contributed by atoms with Crippen LogP contribution in [0.15, 0.2) is 47.4 Å². The molecule has 1 aliphatic rings. The van der Waals surface area contributed by atoms with Gasteiger partial charge in [-0.05, 0) is 61.1 Å². The van der Waals surface area contributed by atoms with Crippen molar-refractivity contribution in [3.8, 4) is 0 Å². The van der Waals surface area contributed by atoms with E-state index in [1.807, 2.05) is 12.1 Å². The predicted molar refractivity (Wildman–Crippen MR) is 84.7 cm³/mol. The van der Waals surface area contributed by atoms with Crippen LogP contribution >= 0.6 is 0 Å². The van der Waals surface area contributed by atoms with Crippen molar-refractivity contribution in [2.45, 2.75) is 30.6 Å². The number of anilines is 2. The molecule has 0 spiro atoms. The van der Waals surface area contributed by atoms with E-state index < -0.39 is 10.0 Å². The number of hydrogen-bond acceptors (Lipinski definition) is 3. The first-order valence-electron chi connectivity index (χ1n) is 7.05. The number of benzene rings is 2. The fraction of sp³-hybridized carbons (Fsp3) is 0.250. The summed E-state index contributed by atoms with van der Waals surface area (Å²) in [6.07, 6.45) is 4.20. The Hall–Kier alpha value is -2.01. The summed E-state index contributed by atoms with van der Waals surface area (Å²) < 4.78 is 27.7. The van der Waals surface area contributed by atoms with Crippen molar-refractivity contribution in [3.63, 3.8) is 0 Å². The number of fused-ring (bicyclic) bond motifs is 1. The molecule has 5 heteroatoms. The van der Waals surface area contributed by atoms with E-state index in [4.69, 9.17) is 5.73 Å². The highest BCUT2D eigenvalue weighted by atomic mass is 32.2. The van der Waals surface area contributed by atoms with E-state index in [0.717, 1.165) is 24.8 Å². The van der Waals surface area contributed by atoms with Gasteiger partial charge in [-0.2, -0.15) is 0 Å². The highest BCUT2D eigenvalue weighted by Gasteiger charge is 2.19. The molecule has 0 aliphatic heterocycles. The van der Waals surface area contributed by atoms with Crippen LogP contribution in [0.2, 0.25) is 0 Å². The van der Waals surface area contributed by atoms with E-state index in [2.05, 4.69) is 10.8 Å². The average molecular weight is 302 g/mol. The molecule has 0 heterocycles. The third-order valence-electron chi connectivity index (χ3n) is 3.81. The summed E-state index contributed by atoms with van der Waals surface area (Å²) in [7, 11) is -3.60. The summed E-state index contributed by atoms with van der Waals surface area (Å²) in [5.41, 5.74) is 9.16. The highest BCUT2D eigenvalue weighted by Crippen LogP contribution is 2.29. The minimum atomic E-state index is -3.60. The van der Waals surface area contributed by atoms with Crippen LogP contribution in [-0.2, 0) is 22.9 Å². The first kappa shape index (κ1) is 13.9. The Morgan fingerprint density at radius 3 is 2.57 bits per heavy atom. The monoisotopic (exact) mass is 302 g/mol. The van der Waals surface area contributed by atoms with Gasteiger partial charge >= 0.3 is 0 Å². The SMILES string of the molecule is Nc1cccc(S(=O)(=O)Nc2cccc3c2CCCC3)c1. The van der Waals surface area contributed by atoms with Crippen molar-refractivity contribution < 1.29 is 8.42 Å². The summed E-state index contributed by atoms with van der Waals surface area (Å²) in [6, 6.07) is 12.1. The zero-order chi connectivity index (χ0) is 14.9. The second-order valence-electron chi connectivity index (χ2n) is 5.33. The third-order valence-corrected chi connectivity index (χ3v) is 5.17. The molecule has 4 nitrogen and oxygen atoms in total. The number of aryl methyl sites for hydroxylation is 1. The van der Waals surface area contributed by atoms with E-state index in [0.29, 0.717) is 11.4 Å². The summed E-state index contributed by atoms with van der Waals surface area (Å²) >= 11 is 0. The molecule has 0 aromatic heterocycles. The average Bonchev–Trinajstić information content (AvgIpc) is 2.47. The molecule has 3 rings (SSSR count). The van der Waals surface area contributed by atoms with Crippen LogP contribution in [0.4, 0.5) is 11.4 Å². The number of nitrogens with one attached hydrogen (secondary N) is 1. The summed E-state index contributed by atoms with van der Waals surface area (Å²) in [6.45, 7) is 0. The molecule has 2 aromatic carbocycles. The zero-order valence-corrected chi connectivity index (χ0v) is 12.5. The summed E-state index contributed by atoms with van der Waals surface area (Å²) in [5, 5.41) is 0. The molecule has 0 unspecified atom stereocenters. The minimum Gasteiger partial charge on any atom is -0.399 e. The smallest absolute Gasteiger partial charge is 0.261 e. The Bertz CT molecular complexity index is 770. The number of hydrogen-bond donors (Lipinski definition) is 2. The van der Waals surface area contributed by atoms with E-state index in [1.54, 1.807) is 18.2 Å². The highest BCUT2D eigenvalue weighted by molar-refractivity contribution is 7.92. The van der Waals surface area contributed by atoms with Gasteiger partial charge in [-0.25, -0.2) is 8.42 Å². The molecule has 21 heavy (non-hydrogen) atoms. The van der Waals surface area contributed by atoms with Gasteiger partial charge in [0, 0.05) is 5.69 Å². The Morgan fingerprint density at radius 2 is 1.76 bits per heavy atom. The maximum Gasteiger partial charge on any atom is 0.261 e. The lowest BCUT2D eigenvalue weighted by Gasteiger charge is -2.20. The number of nitrogens with two attached hydrogens (primary N) is 1.